The van der Waals surface area contributed by atoms with Crippen LogP contribution in [0.1, 0.15) is 36.8 Å². The van der Waals surface area contributed by atoms with Crippen LogP contribution in [0.4, 0.5) is 0 Å². The summed E-state index contributed by atoms with van der Waals surface area (Å²) < 4.78 is 5.77. The third kappa shape index (κ3) is 3.10. The molecule has 1 aliphatic heterocycles. The molecule has 1 aromatic rings. The first-order chi connectivity index (χ1) is 9.78. The molecule has 1 aromatic carbocycles. The Morgan fingerprint density at radius 3 is 3.05 bits per heavy atom. The number of fused-ring (bicyclic) bond motifs is 1. The summed E-state index contributed by atoms with van der Waals surface area (Å²) in [4.78, 5) is 0. The number of hydrogen-bond acceptors (Lipinski definition) is 3. The van der Waals surface area contributed by atoms with Crippen molar-refractivity contribution in [3.8, 4) is 5.75 Å². The molecule has 0 saturated heterocycles. The van der Waals surface area contributed by atoms with Crippen LogP contribution >= 0.6 is 23.4 Å². The lowest BCUT2D eigenvalue weighted by Crippen LogP contribution is -2.40. The van der Waals surface area contributed by atoms with E-state index in [4.69, 9.17) is 16.3 Å². The summed E-state index contributed by atoms with van der Waals surface area (Å²) >= 11 is 8.22. The molecule has 1 fully saturated rings. The molecule has 2 atom stereocenters. The fraction of sp³-hybridized carbons (Fsp3) is 0.625. The summed E-state index contributed by atoms with van der Waals surface area (Å²) in [5, 5.41) is 5.31. The van der Waals surface area contributed by atoms with E-state index in [0.717, 1.165) is 35.6 Å². The Morgan fingerprint density at radius 1 is 1.35 bits per heavy atom. The highest BCUT2D eigenvalue weighted by molar-refractivity contribution is 7.99. The highest BCUT2D eigenvalue weighted by atomic mass is 35.5. The molecular formula is C16H22ClNOS. The maximum atomic E-state index is 6.22. The first-order valence-corrected chi connectivity index (χ1v) is 9.15. The van der Waals surface area contributed by atoms with Gasteiger partial charge < -0.3 is 10.1 Å². The predicted octanol–water partition coefficient (Wildman–Crippen LogP) is 4.04. The van der Waals surface area contributed by atoms with E-state index in [1.165, 1.54) is 36.8 Å². The number of nitrogens with one attached hydrogen (secondary N) is 1. The summed E-state index contributed by atoms with van der Waals surface area (Å²) in [6, 6.07) is 4.71. The summed E-state index contributed by atoms with van der Waals surface area (Å²) in [5.41, 5.74) is 2.48. The number of hydrogen-bond donors (Lipinski definition) is 1. The van der Waals surface area contributed by atoms with Gasteiger partial charge in [-0.05, 0) is 36.8 Å². The third-order valence-corrected chi connectivity index (χ3v) is 5.77. The SMILES string of the molecule is CSC1CCCCC1NCc1cc(Cl)cc2c1OCC2. The topological polar surface area (TPSA) is 21.3 Å². The van der Waals surface area contributed by atoms with E-state index in [2.05, 4.69) is 17.6 Å². The molecule has 110 valence electrons. The van der Waals surface area contributed by atoms with Gasteiger partial charge >= 0.3 is 0 Å². The maximum Gasteiger partial charge on any atom is 0.127 e. The molecule has 1 N–H and O–H groups in total. The molecule has 1 heterocycles. The Hall–Kier alpha value is -0.380. The molecule has 0 amide bonds. The van der Waals surface area contributed by atoms with Crippen molar-refractivity contribution in [2.45, 2.75) is 49.9 Å². The Bertz CT molecular complexity index is 480. The summed E-state index contributed by atoms with van der Waals surface area (Å²) in [6.07, 6.45) is 8.56. The van der Waals surface area contributed by atoms with Crippen LogP contribution < -0.4 is 10.1 Å². The average Bonchev–Trinajstić information content (AvgIpc) is 2.93. The molecule has 20 heavy (non-hydrogen) atoms. The highest BCUT2D eigenvalue weighted by Gasteiger charge is 2.25. The van der Waals surface area contributed by atoms with Crippen LogP contribution in [0.15, 0.2) is 12.1 Å². The fourth-order valence-corrected chi connectivity index (χ4v) is 4.56. The van der Waals surface area contributed by atoms with E-state index in [-0.39, 0.29) is 0 Å². The largest absolute Gasteiger partial charge is 0.493 e. The van der Waals surface area contributed by atoms with Crippen LogP contribution in [0.2, 0.25) is 5.02 Å². The molecule has 1 saturated carbocycles. The second-order valence-electron chi connectivity index (χ2n) is 5.70. The molecule has 2 nitrogen and oxygen atoms in total. The van der Waals surface area contributed by atoms with Crippen molar-refractivity contribution in [3.63, 3.8) is 0 Å². The van der Waals surface area contributed by atoms with Crippen molar-refractivity contribution in [1.82, 2.24) is 5.32 Å². The van der Waals surface area contributed by atoms with Crippen LogP contribution in [-0.2, 0) is 13.0 Å². The molecule has 4 heteroatoms. The van der Waals surface area contributed by atoms with E-state index >= 15 is 0 Å². The molecule has 2 aliphatic rings. The minimum atomic E-state index is 0.620. The van der Waals surface area contributed by atoms with Crippen molar-refractivity contribution in [1.29, 1.82) is 0 Å². The first kappa shape index (κ1) is 14.6. The van der Waals surface area contributed by atoms with Crippen molar-refractivity contribution in [3.05, 3.63) is 28.3 Å². The van der Waals surface area contributed by atoms with Crippen LogP contribution in [0.3, 0.4) is 0 Å². The Morgan fingerprint density at radius 2 is 2.20 bits per heavy atom. The van der Waals surface area contributed by atoms with Gasteiger partial charge in [-0.1, -0.05) is 24.4 Å². The van der Waals surface area contributed by atoms with Crippen LogP contribution in [-0.4, -0.2) is 24.2 Å². The third-order valence-electron chi connectivity index (χ3n) is 4.39. The Kier molecular flexibility index (Phi) is 4.79. The van der Waals surface area contributed by atoms with E-state index in [0.29, 0.717) is 6.04 Å². The van der Waals surface area contributed by atoms with Gasteiger partial charge in [0.1, 0.15) is 5.75 Å². The zero-order chi connectivity index (χ0) is 13.9. The first-order valence-electron chi connectivity index (χ1n) is 7.48. The zero-order valence-corrected chi connectivity index (χ0v) is 13.5. The summed E-state index contributed by atoms with van der Waals surface area (Å²) in [5.74, 6) is 1.07. The summed E-state index contributed by atoms with van der Waals surface area (Å²) in [6.45, 7) is 1.66. The van der Waals surface area contributed by atoms with Crippen LogP contribution in [0.5, 0.6) is 5.75 Å². The van der Waals surface area contributed by atoms with Gasteiger partial charge in [0.15, 0.2) is 0 Å². The van der Waals surface area contributed by atoms with E-state index in [9.17, 15) is 0 Å². The van der Waals surface area contributed by atoms with E-state index in [1.54, 1.807) is 0 Å². The Balaban J connectivity index is 1.69. The minimum Gasteiger partial charge on any atom is -0.493 e. The Labute approximate surface area is 130 Å². The van der Waals surface area contributed by atoms with Gasteiger partial charge in [0.25, 0.3) is 0 Å². The average molecular weight is 312 g/mol. The van der Waals surface area contributed by atoms with Gasteiger partial charge in [0.2, 0.25) is 0 Å². The van der Waals surface area contributed by atoms with Gasteiger partial charge in [0.05, 0.1) is 6.61 Å². The van der Waals surface area contributed by atoms with Crippen molar-refractivity contribution in [2.24, 2.45) is 0 Å². The lowest BCUT2D eigenvalue weighted by molar-refractivity contribution is 0.347. The van der Waals surface area contributed by atoms with Crippen molar-refractivity contribution >= 4 is 23.4 Å². The normalized spacial score (nSPS) is 25.3. The summed E-state index contributed by atoms with van der Waals surface area (Å²) in [7, 11) is 0. The molecule has 0 bridgehead atoms. The second kappa shape index (κ2) is 6.59. The molecule has 0 radical (unpaired) electrons. The van der Waals surface area contributed by atoms with Crippen LogP contribution in [0.25, 0.3) is 0 Å². The number of benzene rings is 1. The van der Waals surface area contributed by atoms with E-state index in [1.807, 2.05) is 17.8 Å². The molecule has 1 aliphatic carbocycles. The van der Waals surface area contributed by atoms with Crippen molar-refractivity contribution in [2.75, 3.05) is 12.9 Å². The molecule has 3 rings (SSSR count). The smallest absolute Gasteiger partial charge is 0.127 e. The fourth-order valence-electron chi connectivity index (χ4n) is 3.33. The molecule has 2 unspecified atom stereocenters. The molecule has 0 aromatic heterocycles. The predicted molar refractivity (Wildman–Crippen MR) is 87.0 cm³/mol. The second-order valence-corrected chi connectivity index (χ2v) is 7.21. The van der Waals surface area contributed by atoms with Gasteiger partial charge in [-0.2, -0.15) is 11.8 Å². The maximum absolute atomic E-state index is 6.22. The number of halogens is 1. The molecule has 0 spiro atoms. The van der Waals surface area contributed by atoms with Crippen LogP contribution in [0, 0.1) is 0 Å². The van der Waals surface area contributed by atoms with Gasteiger partial charge in [-0.25, -0.2) is 0 Å². The lowest BCUT2D eigenvalue weighted by atomic mass is 9.94. The number of thioether (sulfide) groups is 1. The monoisotopic (exact) mass is 311 g/mol. The van der Waals surface area contributed by atoms with Gasteiger partial charge in [-0.15, -0.1) is 0 Å². The molecular weight excluding hydrogens is 290 g/mol. The van der Waals surface area contributed by atoms with E-state index < -0.39 is 0 Å². The standard InChI is InChI=1S/C16H22ClNOS/c1-20-15-5-3-2-4-14(15)18-10-12-9-13(17)8-11-6-7-19-16(11)12/h8-9,14-15,18H,2-7,10H2,1H3. The minimum absolute atomic E-state index is 0.620. The lowest BCUT2D eigenvalue weighted by Gasteiger charge is -2.31. The number of rotatable bonds is 4. The highest BCUT2D eigenvalue weighted by Crippen LogP contribution is 2.33. The zero-order valence-electron chi connectivity index (χ0n) is 12.0. The van der Waals surface area contributed by atoms with Crippen molar-refractivity contribution < 1.29 is 4.74 Å². The van der Waals surface area contributed by atoms with Gasteiger partial charge in [-0.3, -0.25) is 0 Å². The quantitative estimate of drug-likeness (QED) is 0.907. The van der Waals surface area contributed by atoms with Gasteiger partial charge in [0, 0.05) is 34.8 Å². The number of ether oxygens (including phenoxy) is 1.